The smallest absolute Gasteiger partial charge is 0.107 e. The Labute approximate surface area is 61.6 Å². The standard InChI is InChI=1S/C8H14FO/c1-3-4-5-8(9)6-7(2)10/h2,8,10H,3-6H2,1H3. The normalized spacial score (nSPS) is 13.0. The molecule has 2 heteroatoms. The number of alkyl halides is 1. The summed E-state index contributed by atoms with van der Waals surface area (Å²) in [6, 6.07) is 0. The lowest BCUT2D eigenvalue weighted by Crippen LogP contribution is -2.00. The summed E-state index contributed by atoms with van der Waals surface area (Å²) in [6.45, 7) is 6.90. The van der Waals surface area contributed by atoms with Gasteiger partial charge in [-0.15, -0.1) is 0 Å². The number of aliphatic hydroxyl groups is 1. The van der Waals surface area contributed by atoms with E-state index >= 15 is 0 Å². The quantitative estimate of drug-likeness (QED) is 0.590. The van der Waals surface area contributed by atoms with Gasteiger partial charge in [0.05, 0.1) is 5.76 Å². The first-order valence-corrected chi connectivity index (χ1v) is 3.61. The van der Waals surface area contributed by atoms with Crippen molar-refractivity contribution >= 4 is 0 Å². The first-order valence-electron chi connectivity index (χ1n) is 3.61. The molecule has 0 spiro atoms. The Balaban J connectivity index is 3.25. The van der Waals surface area contributed by atoms with E-state index in [9.17, 15) is 4.39 Å². The van der Waals surface area contributed by atoms with E-state index in [1.165, 1.54) is 0 Å². The summed E-state index contributed by atoms with van der Waals surface area (Å²) in [6.07, 6.45) is 1.35. The van der Waals surface area contributed by atoms with Crippen molar-refractivity contribution < 1.29 is 9.50 Å². The van der Waals surface area contributed by atoms with Gasteiger partial charge in [0.15, 0.2) is 0 Å². The van der Waals surface area contributed by atoms with E-state index in [1.807, 2.05) is 6.92 Å². The van der Waals surface area contributed by atoms with Gasteiger partial charge in [0, 0.05) is 6.42 Å². The van der Waals surface area contributed by atoms with E-state index in [-0.39, 0.29) is 12.2 Å². The lowest BCUT2D eigenvalue weighted by molar-refractivity contribution is 0.264. The van der Waals surface area contributed by atoms with Crippen molar-refractivity contribution in [3.05, 3.63) is 12.3 Å². The molecule has 0 amide bonds. The van der Waals surface area contributed by atoms with Crippen molar-refractivity contribution in [2.24, 2.45) is 0 Å². The third-order valence-electron chi connectivity index (χ3n) is 1.30. The highest BCUT2D eigenvalue weighted by Crippen LogP contribution is 2.11. The molecule has 0 aliphatic carbocycles. The highest BCUT2D eigenvalue weighted by atomic mass is 19.1. The molecule has 0 rings (SSSR count). The second kappa shape index (κ2) is 5.27. The molecule has 0 aromatic heterocycles. The van der Waals surface area contributed by atoms with Crippen molar-refractivity contribution in [1.29, 1.82) is 0 Å². The van der Waals surface area contributed by atoms with Crippen LogP contribution in [0.1, 0.15) is 32.6 Å². The Hall–Kier alpha value is -0.530. The highest BCUT2D eigenvalue weighted by molar-refractivity contribution is 4.79. The van der Waals surface area contributed by atoms with Gasteiger partial charge in [0.1, 0.15) is 6.17 Å². The molecule has 0 saturated heterocycles. The molecule has 0 aliphatic rings. The molecule has 1 nitrogen and oxygen atoms in total. The number of unbranched alkanes of at least 4 members (excludes halogenated alkanes) is 1. The van der Waals surface area contributed by atoms with Crippen molar-refractivity contribution in [3.8, 4) is 0 Å². The van der Waals surface area contributed by atoms with Gasteiger partial charge in [0.2, 0.25) is 0 Å². The molecule has 1 unspecified atom stereocenters. The molecule has 0 saturated carbocycles. The first kappa shape index (κ1) is 9.47. The molecule has 0 bridgehead atoms. The predicted molar refractivity (Wildman–Crippen MR) is 39.5 cm³/mol. The highest BCUT2D eigenvalue weighted by Gasteiger charge is 2.06. The first-order chi connectivity index (χ1) is 4.66. The van der Waals surface area contributed by atoms with Crippen LogP contribution in [0.25, 0.3) is 0 Å². The van der Waals surface area contributed by atoms with Crippen LogP contribution in [0.3, 0.4) is 0 Å². The lowest BCUT2D eigenvalue weighted by atomic mass is 10.1. The van der Waals surface area contributed by atoms with Gasteiger partial charge >= 0.3 is 0 Å². The van der Waals surface area contributed by atoms with E-state index in [0.717, 1.165) is 12.8 Å². The molecule has 0 aromatic carbocycles. The summed E-state index contributed by atoms with van der Waals surface area (Å²) in [7, 11) is 0. The molecule has 0 fully saturated rings. The van der Waals surface area contributed by atoms with Crippen molar-refractivity contribution in [2.45, 2.75) is 38.8 Å². The van der Waals surface area contributed by atoms with Gasteiger partial charge in [-0.3, -0.25) is 0 Å². The van der Waals surface area contributed by atoms with Gasteiger partial charge in [-0.2, -0.15) is 0 Å². The monoisotopic (exact) mass is 145 g/mol. The third-order valence-corrected chi connectivity index (χ3v) is 1.30. The van der Waals surface area contributed by atoms with Crippen LogP contribution < -0.4 is 0 Å². The zero-order chi connectivity index (χ0) is 7.98. The summed E-state index contributed by atoms with van der Waals surface area (Å²) < 4.78 is 12.6. The maximum Gasteiger partial charge on any atom is 0.107 e. The fraction of sp³-hybridized carbons (Fsp3) is 0.750. The average molecular weight is 145 g/mol. The van der Waals surface area contributed by atoms with Crippen molar-refractivity contribution in [3.63, 3.8) is 0 Å². The van der Waals surface area contributed by atoms with E-state index in [1.54, 1.807) is 0 Å². The Kier molecular flexibility index (Phi) is 4.99. The summed E-state index contributed by atoms with van der Waals surface area (Å²) in [5, 5.41) is 8.48. The molecule has 0 aliphatic heterocycles. The summed E-state index contributed by atoms with van der Waals surface area (Å²) in [5.41, 5.74) is 0. The van der Waals surface area contributed by atoms with Crippen LogP contribution in [0.2, 0.25) is 0 Å². The lowest BCUT2D eigenvalue weighted by Gasteiger charge is -2.04. The van der Waals surface area contributed by atoms with Crippen molar-refractivity contribution in [1.82, 2.24) is 0 Å². The Morgan fingerprint density at radius 2 is 2.30 bits per heavy atom. The molecule has 59 valence electrons. The number of halogens is 1. The Morgan fingerprint density at radius 1 is 1.70 bits per heavy atom. The van der Waals surface area contributed by atoms with Crippen LogP contribution in [-0.2, 0) is 0 Å². The zero-order valence-corrected chi connectivity index (χ0v) is 6.31. The van der Waals surface area contributed by atoms with E-state index < -0.39 is 6.17 Å². The molecular formula is C8H14FO. The molecular weight excluding hydrogens is 131 g/mol. The number of rotatable bonds is 5. The van der Waals surface area contributed by atoms with E-state index in [0.29, 0.717) is 6.42 Å². The van der Waals surface area contributed by atoms with Crippen LogP contribution in [0.15, 0.2) is 5.76 Å². The fourth-order valence-corrected chi connectivity index (χ4v) is 0.755. The number of allylic oxidation sites excluding steroid dienone is 1. The van der Waals surface area contributed by atoms with Crippen LogP contribution in [0.4, 0.5) is 4.39 Å². The van der Waals surface area contributed by atoms with Crippen LogP contribution in [-0.4, -0.2) is 11.3 Å². The van der Waals surface area contributed by atoms with Crippen molar-refractivity contribution in [2.75, 3.05) is 0 Å². The maximum atomic E-state index is 12.6. The van der Waals surface area contributed by atoms with Crippen LogP contribution in [0, 0.1) is 6.58 Å². The molecule has 10 heavy (non-hydrogen) atoms. The van der Waals surface area contributed by atoms with Gasteiger partial charge in [0.25, 0.3) is 0 Å². The van der Waals surface area contributed by atoms with Gasteiger partial charge < -0.3 is 5.11 Å². The fourth-order valence-electron chi connectivity index (χ4n) is 0.755. The summed E-state index contributed by atoms with van der Waals surface area (Å²) >= 11 is 0. The minimum Gasteiger partial charge on any atom is -0.512 e. The summed E-state index contributed by atoms with van der Waals surface area (Å²) in [5.74, 6) is -0.302. The maximum absolute atomic E-state index is 12.6. The zero-order valence-electron chi connectivity index (χ0n) is 6.31. The average Bonchev–Trinajstić information content (AvgIpc) is 1.82. The second-order valence-corrected chi connectivity index (χ2v) is 2.43. The largest absolute Gasteiger partial charge is 0.512 e. The van der Waals surface area contributed by atoms with Gasteiger partial charge in [-0.1, -0.05) is 19.8 Å². The Bertz CT molecular complexity index is 101. The molecule has 1 N–H and O–H groups in total. The van der Waals surface area contributed by atoms with Crippen LogP contribution >= 0.6 is 0 Å². The van der Waals surface area contributed by atoms with E-state index in [2.05, 4.69) is 0 Å². The SMILES string of the molecule is [CH]=C(O)CC(F)CCCC. The van der Waals surface area contributed by atoms with Gasteiger partial charge in [-0.05, 0) is 13.0 Å². The predicted octanol–water partition coefficient (Wildman–Crippen LogP) is 2.78. The van der Waals surface area contributed by atoms with E-state index in [4.69, 9.17) is 11.7 Å². The molecule has 1 radical (unpaired) electrons. The topological polar surface area (TPSA) is 20.2 Å². The summed E-state index contributed by atoms with van der Waals surface area (Å²) in [4.78, 5) is 0. The number of hydrogen-bond donors (Lipinski definition) is 1. The molecule has 0 aromatic rings. The third kappa shape index (κ3) is 5.60. The minimum atomic E-state index is -0.968. The minimum absolute atomic E-state index is 0.0139. The Morgan fingerprint density at radius 3 is 2.70 bits per heavy atom. The van der Waals surface area contributed by atoms with Crippen LogP contribution in [0.5, 0.6) is 0 Å². The second-order valence-electron chi connectivity index (χ2n) is 2.43. The van der Waals surface area contributed by atoms with Gasteiger partial charge in [-0.25, -0.2) is 4.39 Å². The molecule has 0 heterocycles. The number of aliphatic hydroxyl groups excluding tert-OH is 1. The molecule has 1 atom stereocenters. The number of hydrogen-bond acceptors (Lipinski definition) is 1.